The minimum atomic E-state index is 0.0226. The Hall–Kier alpha value is -0.570. The van der Waals surface area contributed by atoms with E-state index in [1.165, 1.54) is 0 Å². The highest BCUT2D eigenvalue weighted by atomic mass is 16.2. The monoisotopic (exact) mass is 170 g/mol. The van der Waals surface area contributed by atoms with Crippen LogP contribution in [0.4, 0.5) is 0 Å². The predicted molar refractivity (Wildman–Crippen MR) is 48.9 cm³/mol. The van der Waals surface area contributed by atoms with Crippen molar-refractivity contribution in [3.63, 3.8) is 0 Å². The zero-order valence-corrected chi connectivity index (χ0v) is 8.18. The van der Waals surface area contributed by atoms with Crippen LogP contribution in [0.3, 0.4) is 0 Å². The van der Waals surface area contributed by atoms with E-state index in [1.807, 2.05) is 13.8 Å². The standard InChI is InChI=1S/C7H12N2O.C2H6/c1-9-4-7(5-9)2-3-8-6(7)10;1-2/h2-5H2,1H3,(H,8,10);1-2H3. The lowest BCUT2D eigenvalue weighted by Crippen LogP contribution is -2.57. The van der Waals surface area contributed by atoms with Crippen LogP contribution >= 0.6 is 0 Å². The van der Waals surface area contributed by atoms with E-state index < -0.39 is 0 Å². The smallest absolute Gasteiger partial charge is 0.228 e. The summed E-state index contributed by atoms with van der Waals surface area (Å²) in [6.45, 7) is 6.80. The number of nitrogens with one attached hydrogen (secondary N) is 1. The molecular formula is C9H18N2O. The van der Waals surface area contributed by atoms with E-state index in [2.05, 4.69) is 17.3 Å². The Kier molecular flexibility index (Phi) is 2.73. The van der Waals surface area contributed by atoms with Crippen LogP contribution in [-0.4, -0.2) is 37.5 Å². The molecule has 12 heavy (non-hydrogen) atoms. The lowest BCUT2D eigenvalue weighted by atomic mass is 9.79. The van der Waals surface area contributed by atoms with Crippen LogP contribution in [0, 0.1) is 5.41 Å². The Morgan fingerprint density at radius 3 is 2.33 bits per heavy atom. The minimum absolute atomic E-state index is 0.0226. The van der Waals surface area contributed by atoms with Crippen molar-refractivity contribution in [2.75, 3.05) is 26.7 Å². The van der Waals surface area contributed by atoms with Crippen LogP contribution in [0.5, 0.6) is 0 Å². The summed E-state index contributed by atoms with van der Waals surface area (Å²) in [6.07, 6.45) is 1.04. The van der Waals surface area contributed by atoms with Crippen molar-refractivity contribution in [1.82, 2.24) is 10.2 Å². The van der Waals surface area contributed by atoms with E-state index in [0.717, 1.165) is 26.1 Å². The quantitative estimate of drug-likeness (QED) is 0.573. The molecule has 1 amide bonds. The summed E-state index contributed by atoms with van der Waals surface area (Å²) in [5.74, 6) is 0.269. The zero-order chi connectivity index (χ0) is 9.19. The molecule has 0 aromatic carbocycles. The van der Waals surface area contributed by atoms with E-state index in [4.69, 9.17) is 0 Å². The maximum Gasteiger partial charge on any atom is 0.228 e. The van der Waals surface area contributed by atoms with Crippen molar-refractivity contribution in [2.24, 2.45) is 5.41 Å². The molecule has 0 unspecified atom stereocenters. The van der Waals surface area contributed by atoms with Gasteiger partial charge in [-0.1, -0.05) is 13.8 Å². The first-order valence-corrected chi connectivity index (χ1v) is 4.70. The Labute approximate surface area is 74.1 Å². The predicted octanol–water partition coefficient (Wildman–Crippen LogP) is 0.464. The summed E-state index contributed by atoms with van der Waals surface area (Å²) in [5, 5.41) is 2.87. The molecule has 3 heteroatoms. The summed E-state index contributed by atoms with van der Waals surface area (Å²) in [4.78, 5) is 13.4. The lowest BCUT2D eigenvalue weighted by Gasteiger charge is -2.43. The van der Waals surface area contributed by atoms with Gasteiger partial charge in [0, 0.05) is 19.6 Å². The van der Waals surface area contributed by atoms with Crippen LogP contribution in [0.1, 0.15) is 20.3 Å². The fraction of sp³-hybridized carbons (Fsp3) is 0.889. The fourth-order valence-electron chi connectivity index (χ4n) is 2.01. The van der Waals surface area contributed by atoms with Gasteiger partial charge in [0.1, 0.15) is 0 Å². The molecule has 0 aliphatic carbocycles. The Balaban J connectivity index is 0.000000336. The van der Waals surface area contributed by atoms with Gasteiger partial charge in [0.05, 0.1) is 5.41 Å². The van der Waals surface area contributed by atoms with Crippen LogP contribution in [-0.2, 0) is 4.79 Å². The number of rotatable bonds is 0. The van der Waals surface area contributed by atoms with Crippen molar-refractivity contribution in [2.45, 2.75) is 20.3 Å². The molecule has 1 spiro atoms. The Bertz CT molecular complexity index is 173. The molecule has 2 rings (SSSR count). The molecule has 2 fully saturated rings. The SMILES string of the molecule is CC.CN1CC2(CCNC2=O)C1. The van der Waals surface area contributed by atoms with Crippen molar-refractivity contribution in [3.05, 3.63) is 0 Å². The maximum atomic E-state index is 11.2. The van der Waals surface area contributed by atoms with Gasteiger partial charge in [0.15, 0.2) is 0 Å². The fourth-order valence-corrected chi connectivity index (χ4v) is 2.01. The molecular weight excluding hydrogens is 152 g/mol. The lowest BCUT2D eigenvalue weighted by molar-refractivity contribution is -0.135. The van der Waals surface area contributed by atoms with Gasteiger partial charge in [-0.15, -0.1) is 0 Å². The van der Waals surface area contributed by atoms with Gasteiger partial charge in [0.25, 0.3) is 0 Å². The second-order valence-electron chi connectivity index (χ2n) is 3.46. The topological polar surface area (TPSA) is 32.3 Å². The minimum Gasteiger partial charge on any atom is -0.355 e. The summed E-state index contributed by atoms with van der Waals surface area (Å²) in [5.41, 5.74) is 0.0226. The van der Waals surface area contributed by atoms with Gasteiger partial charge in [-0.25, -0.2) is 0 Å². The molecule has 0 bridgehead atoms. The molecule has 2 aliphatic rings. The van der Waals surface area contributed by atoms with Gasteiger partial charge >= 0.3 is 0 Å². The second kappa shape index (κ2) is 3.44. The highest BCUT2D eigenvalue weighted by Crippen LogP contribution is 2.35. The number of likely N-dealkylation sites (tertiary alicyclic amines) is 1. The Morgan fingerprint density at radius 1 is 1.42 bits per heavy atom. The molecule has 3 nitrogen and oxygen atoms in total. The second-order valence-corrected chi connectivity index (χ2v) is 3.46. The van der Waals surface area contributed by atoms with Crippen molar-refractivity contribution >= 4 is 5.91 Å². The third-order valence-corrected chi connectivity index (χ3v) is 2.52. The molecule has 2 heterocycles. The van der Waals surface area contributed by atoms with Gasteiger partial charge in [-0.05, 0) is 13.5 Å². The first-order chi connectivity index (χ1) is 5.73. The molecule has 0 aromatic rings. The number of carbonyl (C=O) groups excluding carboxylic acids is 1. The summed E-state index contributed by atoms with van der Waals surface area (Å²) >= 11 is 0. The van der Waals surface area contributed by atoms with Gasteiger partial charge in [0.2, 0.25) is 5.91 Å². The molecule has 2 saturated heterocycles. The van der Waals surface area contributed by atoms with Crippen LogP contribution in [0.2, 0.25) is 0 Å². The number of carbonyl (C=O) groups is 1. The Morgan fingerprint density at radius 2 is 2.00 bits per heavy atom. The van der Waals surface area contributed by atoms with Crippen LogP contribution < -0.4 is 5.32 Å². The van der Waals surface area contributed by atoms with E-state index in [0.29, 0.717) is 0 Å². The van der Waals surface area contributed by atoms with E-state index in [9.17, 15) is 4.79 Å². The molecule has 0 atom stereocenters. The van der Waals surface area contributed by atoms with Crippen LogP contribution in [0.25, 0.3) is 0 Å². The molecule has 0 aromatic heterocycles. The third-order valence-electron chi connectivity index (χ3n) is 2.52. The number of hydrogen-bond acceptors (Lipinski definition) is 2. The van der Waals surface area contributed by atoms with E-state index in [1.54, 1.807) is 0 Å². The third kappa shape index (κ3) is 1.33. The largest absolute Gasteiger partial charge is 0.355 e. The summed E-state index contributed by atoms with van der Waals surface area (Å²) < 4.78 is 0. The van der Waals surface area contributed by atoms with Crippen LogP contribution in [0.15, 0.2) is 0 Å². The highest BCUT2D eigenvalue weighted by molar-refractivity contribution is 5.86. The zero-order valence-electron chi connectivity index (χ0n) is 8.18. The van der Waals surface area contributed by atoms with E-state index >= 15 is 0 Å². The molecule has 1 N–H and O–H groups in total. The molecule has 0 saturated carbocycles. The van der Waals surface area contributed by atoms with E-state index in [-0.39, 0.29) is 11.3 Å². The van der Waals surface area contributed by atoms with Crippen molar-refractivity contribution in [1.29, 1.82) is 0 Å². The molecule has 70 valence electrons. The van der Waals surface area contributed by atoms with Crippen molar-refractivity contribution < 1.29 is 4.79 Å². The maximum absolute atomic E-state index is 11.2. The number of hydrogen-bond donors (Lipinski definition) is 1. The van der Waals surface area contributed by atoms with Gasteiger partial charge in [-0.2, -0.15) is 0 Å². The highest BCUT2D eigenvalue weighted by Gasteiger charge is 2.50. The number of nitrogens with zero attached hydrogens (tertiary/aromatic N) is 1. The first-order valence-electron chi connectivity index (χ1n) is 4.70. The molecule has 2 aliphatic heterocycles. The summed E-state index contributed by atoms with van der Waals surface area (Å²) in [7, 11) is 2.05. The van der Waals surface area contributed by atoms with Crippen molar-refractivity contribution in [3.8, 4) is 0 Å². The average Bonchev–Trinajstić information content (AvgIpc) is 2.37. The van der Waals surface area contributed by atoms with Gasteiger partial charge < -0.3 is 10.2 Å². The first kappa shape index (κ1) is 9.52. The average molecular weight is 170 g/mol. The van der Waals surface area contributed by atoms with Gasteiger partial charge in [-0.3, -0.25) is 4.79 Å². The normalized spacial score (nSPS) is 25.8. The number of amides is 1. The molecule has 0 radical (unpaired) electrons. The summed E-state index contributed by atoms with van der Waals surface area (Å²) in [6, 6.07) is 0.